The number of amides is 1. The van der Waals surface area contributed by atoms with E-state index in [1.807, 2.05) is 13.8 Å². The van der Waals surface area contributed by atoms with E-state index in [9.17, 15) is 13.6 Å². The molecule has 0 bridgehead atoms. The quantitative estimate of drug-likeness (QED) is 0.179. The Kier molecular flexibility index (Phi) is 10.5. The second-order valence-corrected chi connectivity index (χ2v) is 9.20. The van der Waals surface area contributed by atoms with Crippen LogP contribution >= 0.6 is 12.6 Å². The van der Waals surface area contributed by atoms with Gasteiger partial charge in [-0.15, -0.1) is 0 Å². The van der Waals surface area contributed by atoms with Crippen LogP contribution in [0.3, 0.4) is 0 Å². The van der Waals surface area contributed by atoms with E-state index in [1.165, 1.54) is 0 Å². The van der Waals surface area contributed by atoms with Gasteiger partial charge in [0.15, 0.2) is 0 Å². The number of hydrogen-bond acceptors (Lipinski definition) is 7. The molecule has 2 atom stereocenters. The molecule has 1 amide bonds. The maximum absolute atomic E-state index is 12.9. The number of thiol groups is 1. The Hall–Kier alpha value is -1.55. The SMILES string of the molecule is CC/C(C)=C(/OCCOC(C)(F)F)O/C(=N\C)[C@H]1CCC(S)CN1C(=O)OC(C)(C)C. The second-order valence-electron chi connectivity index (χ2n) is 8.47. The molecule has 180 valence electrons. The van der Waals surface area contributed by atoms with E-state index in [2.05, 4.69) is 22.4 Å². The number of aliphatic imine (C=N–C) groups is 1. The largest absolute Gasteiger partial charge is 0.463 e. The summed E-state index contributed by atoms with van der Waals surface area (Å²) < 4.78 is 47.2. The van der Waals surface area contributed by atoms with Crippen LogP contribution in [0, 0.1) is 0 Å². The molecule has 1 aliphatic rings. The van der Waals surface area contributed by atoms with Gasteiger partial charge in [-0.25, -0.2) is 4.79 Å². The first-order chi connectivity index (χ1) is 14.3. The number of allylic oxidation sites excluding steroid dienone is 1. The molecular formula is C21H36F2N2O5S. The van der Waals surface area contributed by atoms with Crippen LogP contribution in [-0.4, -0.2) is 66.7 Å². The zero-order valence-corrected chi connectivity index (χ0v) is 20.4. The molecule has 1 rings (SSSR count). The molecule has 10 heteroatoms. The third-order valence-electron chi connectivity index (χ3n) is 4.44. The van der Waals surface area contributed by atoms with Gasteiger partial charge in [0.1, 0.15) is 18.2 Å². The number of rotatable bonds is 8. The van der Waals surface area contributed by atoms with Crippen LogP contribution in [-0.2, 0) is 18.9 Å². The summed E-state index contributed by atoms with van der Waals surface area (Å²) in [6.45, 7) is 9.76. The number of nitrogens with zero attached hydrogens (tertiary/aromatic N) is 2. The first-order valence-corrected chi connectivity index (χ1v) is 11.0. The van der Waals surface area contributed by atoms with E-state index in [1.54, 1.807) is 32.7 Å². The van der Waals surface area contributed by atoms with Gasteiger partial charge in [0.05, 0.1) is 6.61 Å². The van der Waals surface area contributed by atoms with Gasteiger partial charge in [-0.2, -0.15) is 21.4 Å². The smallest absolute Gasteiger partial charge is 0.411 e. The van der Waals surface area contributed by atoms with Crippen LogP contribution in [0.4, 0.5) is 13.6 Å². The van der Waals surface area contributed by atoms with Gasteiger partial charge in [0, 0.05) is 31.3 Å². The lowest BCUT2D eigenvalue weighted by Gasteiger charge is -2.38. The van der Waals surface area contributed by atoms with Crippen LogP contribution in [0.2, 0.25) is 0 Å². The van der Waals surface area contributed by atoms with Gasteiger partial charge >= 0.3 is 12.2 Å². The Morgan fingerprint density at radius 1 is 1.19 bits per heavy atom. The Bertz CT molecular complexity index is 659. The molecule has 1 fully saturated rings. The van der Waals surface area contributed by atoms with E-state index in [-0.39, 0.29) is 30.3 Å². The van der Waals surface area contributed by atoms with Gasteiger partial charge in [-0.3, -0.25) is 9.89 Å². The molecule has 0 aliphatic carbocycles. The van der Waals surface area contributed by atoms with Gasteiger partial charge in [0.25, 0.3) is 5.95 Å². The van der Waals surface area contributed by atoms with Crippen LogP contribution in [0.25, 0.3) is 0 Å². The standard InChI is InChI=1S/C21H36F2N2O5S/c1-8-14(2)18(27-11-12-28-21(6,22)23)29-17(24-7)16-10-9-15(31)13-25(16)19(26)30-20(3,4)5/h15-16,31H,8-13H2,1-7H3/b18-14-,24-17-/t15?,16-/m1/s1. The minimum atomic E-state index is -3.23. The van der Waals surface area contributed by atoms with E-state index in [0.717, 1.165) is 12.0 Å². The fraction of sp³-hybridized carbons (Fsp3) is 0.810. The van der Waals surface area contributed by atoms with Crippen molar-refractivity contribution in [1.29, 1.82) is 0 Å². The van der Waals surface area contributed by atoms with E-state index in [4.69, 9.17) is 14.2 Å². The average molecular weight is 467 g/mol. The fourth-order valence-electron chi connectivity index (χ4n) is 2.83. The zero-order valence-electron chi connectivity index (χ0n) is 19.5. The Labute approximate surface area is 189 Å². The number of piperidine rings is 1. The van der Waals surface area contributed by atoms with E-state index in [0.29, 0.717) is 26.3 Å². The number of carbonyl (C=O) groups excluding carboxylic acids is 1. The third-order valence-corrected chi connectivity index (χ3v) is 4.86. The second kappa shape index (κ2) is 11.9. The van der Waals surface area contributed by atoms with Gasteiger partial charge in [-0.1, -0.05) is 6.92 Å². The molecule has 0 saturated carbocycles. The summed E-state index contributed by atoms with van der Waals surface area (Å²) in [6.07, 6.45) is -1.73. The zero-order chi connectivity index (χ0) is 23.8. The van der Waals surface area contributed by atoms with E-state index >= 15 is 0 Å². The summed E-state index contributed by atoms with van der Waals surface area (Å²) in [4.78, 5) is 18.6. The van der Waals surface area contributed by atoms with Crippen molar-refractivity contribution >= 4 is 24.6 Å². The van der Waals surface area contributed by atoms with Crippen molar-refractivity contribution in [1.82, 2.24) is 4.90 Å². The lowest BCUT2D eigenvalue weighted by atomic mass is 10.0. The number of alkyl halides is 2. The predicted molar refractivity (Wildman–Crippen MR) is 119 cm³/mol. The highest BCUT2D eigenvalue weighted by Gasteiger charge is 2.37. The minimum absolute atomic E-state index is 0.0124. The minimum Gasteiger partial charge on any atom is -0.463 e. The molecule has 0 aromatic carbocycles. The van der Waals surface area contributed by atoms with E-state index < -0.39 is 23.8 Å². The van der Waals surface area contributed by atoms with Crippen molar-refractivity contribution in [3.8, 4) is 0 Å². The summed E-state index contributed by atoms with van der Waals surface area (Å²) in [5.41, 5.74) is 0.125. The number of hydrogen-bond donors (Lipinski definition) is 1. The van der Waals surface area contributed by atoms with Crippen LogP contribution < -0.4 is 0 Å². The monoisotopic (exact) mass is 466 g/mol. The highest BCUT2D eigenvalue weighted by molar-refractivity contribution is 7.81. The van der Waals surface area contributed by atoms with Crippen molar-refractivity contribution in [3.63, 3.8) is 0 Å². The molecule has 0 N–H and O–H groups in total. The summed E-state index contributed by atoms with van der Waals surface area (Å²) in [7, 11) is 1.56. The molecule has 1 heterocycles. The molecule has 1 saturated heterocycles. The molecule has 1 unspecified atom stereocenters. The predicted octanol–water partition coefficient (Wildman–Crippen LogP) is 5.02. The lowest BCUT2D eigenvalue weighted by Crippen LogP contribution is -2.53. The Morgan fingerprint density at radius 3 is 2.35 bits per heavy atom. The van der Waals surface area contributed by atoms with Crippen molar-refractivity contribution in [2.45, 2.75) is 83.8 Å². The average Bonchev–Trinajstić information content (AvgIpc) is 2.65. The normalized spacial score (nSPS) is 21.5. The van der Waals surface area contributed by atoms with Gasteiger partial charge in [-0.05, 0) is 47.0 Å². The summed E-state index contributed by atoms with van der Waals surface area (Å²) in [6, 6.07) is -0.456. The number of carbonyl (C=O) groups is 1. The van der Waals surface area contributed by atoms with Crippen molar-refractivity contribution in [2.24, 2.45) is 4.99 Å². The summed E-state index contributed by atoms with van der Waals surface area (Å²) in [5, 5.41) is 0.0124. The van der Waals surface area contributed by atoms with Gasteiger partial charge in [0.2, 0.25) is 5.90 Å². The topological polar surface area (TPSA) is 69.6 Å². The van der Waals surface area contributed by atoms with Crippen molar-refractivity contribution < 1.29 is 32.5 Å². The number of halogens is 2. The van der Waals surface area contributed by atoms with Crippen LogP contribution in [0.5, 0.6) is 0 Å². The fourth-order valence-corrected chi connectivity index (χ4v) is 3.15. The highest BCUT2D eigenvalue weighted by Crippen LogP contribution is 2.26. The molecule has 0 radical (unpaired) electrons. The van der Waals surface area contributed by atoms with Crippen LogP contribution in [0.15, 0.2) is 16.5 Å². The van der Waals surface area contributed by atoms with Crippen molar-refractivity contribution in [2.75, 3.05) is 26.8 Å². The summed E-state index contributed by atoms with van der Waals surface area (Å²) in [5.74, 6) is 0.457. The van der Waals surface area contributed by atoms with Crippen molar-refractivity contribution in [3.05, 3.63) is 11.5 Å². The molecule has 7 nitrogen and oxygen atoms in total. The Balaban J connectivity index is 2.97. The Morgan fingerprint density at radius 2 is 1.84 bits per heavy atom. The highest BCUT2D eigenvalue weighted by atomic mass is 32.1. The first-order valence-electron chi connectivity index (χ1n) is 10.4. The third kappa shape index (κ3) is 10.1. The van der Waals surface area contributed by atoms with Gasteiger partial charge < -0.3 is 18.9 Å². The molecule has 0 spiro atoms. The molecule has 31 heavy (non-hydrogen) atoms. The molecule has 0 aromatic rings. The number of likely N-dealkylation sites (tertiary alicyclic amines) is 1. The molecular weight excluding hydrogens is 430 g/mol. The maximum atomic E-state index is 12.9. The lowest BCUT2D eigenvalue weighted by molar-refractivity contribution is -0.229. The van der Waals surface area contributed by atoms with Crippen LogP contribution in [0.1, 0.15) is 60.8 Å². The first kappa shape index (κ1) is 27.5. The number of ether oxygens (including phenoxy) is 4. The molecule has 1 aliphatic heterocycles. The maximum Gasteiger partial charge on any atom is 0.411 e. The molecule has 0 aromatic heterocycles. The summed E-state index contributed by atoms with van der Waals surface area (Å²) >= 11 is 4.52.